The molecule has 1 aromatic rings. The van der Waals surface area contributed by atoms with Gasteiger partial charge < -0.3 is 0 Å². The molecule has 0 aliphatic rings. The first-order valence-electron chi connectivity index (χ1n) is 3.29. The van der Waals surface area contributed by atoms with Gasteiger partial charge in [0.1, 0.15) is 7.28 Å². The monoisotopic (exact) mass is 151 g/mol. The Labute approximate surface area is 67.5 Å². The lowest BCUT2D eigenvalue weighted by Gasteiger charge is -1.98. The number of halogens is 1. The van der Waals surface area contributed by atoms with Gasteiger partial charge in [0.05, 0.1) is 0 Å². The molecule has 1 rings (SSSR count). The van der Waals surface area contributed by atoms with Crippen molar-refractivity contribution in [3.05, 3.63) is 28.8 Å². The minimum Gasteiger partial charge on any atom is -0.0872 e. The minimum absolute atomic E-state index is 0.843. The predicted octanol–water partition coefficient (Wildman–Crippen LogP) is 2.03. The predicted molar refractivity (Wildman–Crippen MR) is 47.4 cm³/mol. The highest BCUT2D eigenvalue weighted by Gasteiger charge is 1.94. The highest BCUT2D eigenvalue weighted by molar-refractivity contribution is 6.52. The molecule has 0 heterocycles. The van der Waals surface area contributed by atoms with Gasteiger partial charge in [-0.2, -0.15) is 0 Å². The maximum absolute atomic E-state index is 5.87. The van der Waals surface area contributed by atoms with E-state index >= 15 is 0 Å². The number of hydrogen-bond acceptors (Lipinski definition) is 0. The van der Waals surface area contributed by atoms with Crippen molar-refractivity contribution in [1.29, 1.82) is 0 Å². The smallest absolute Gasteiger partial charge is 0.0872 e. The van der Waals surface area contributed by atoms with Crippen LogP contribution in [0, 0.1) is 6.92 Å². The van der Waals surface area contributed by atoms with Crippen LogP contribution in [-0.2, 0) is 0 Å². The van der Waals surface area contributed by atoms with Crippen LogP contribution in [0.2, 0.25) is 11.8 Å². The van der Waals surface area contributed by atoms with E-state index in [0.717, 1.165) is 10.6 Å². The van der Waals surface area contributed by atoms with Crippen molar-refractivity contribution in [1.82, 2.24) is 0 Å². The summed E-state index contributed by atoms with van der Waals surface area (Å²) in [5.41, 5.74) is 2.31. The Morgan fingerprint density at radius 3 is 2.60 bits per heavy atom. The van der Waals surface area contributed by atoms with Crippen LogP contribution in [0.1, 0.15) is 5.56 Å². The van der Waals surface area contributed by atoms with E-state index in [9.17, 15) is 0 Å². The molecule has 0 N–H and O–H groups in total. The summed E-state index contributed by atoms with van der Waals surface area (Å²) in [5.74, 6) is 0. The highest BCUT2D eigenvalue weighted by Crippen LogP contribution is 2.11. The molecule has 0 nitrogen and oxygen atoms in total. The fourth-order valence-corrected chi connectivity index (χ4v) is 0.978. The molecule has 0 saturated carbocycles. The summed E-state index contributed by atoms with van der Waals surface area (Å²) in [4.78, 5) is 0. The third-order valence-electron chi connectivity index (χ3n) is 1.53. The van der Waals surface area contributed by atoms with E-state index < -0.39 is 0 Å². The van der Waals surface area contributed by atoms with Crippen molar-refractivity contribution >= 4 is 24.3 Å². The van der Waals surface area contributed by atoms with Gasteiger partial charge in [0, 0.05) is 5.02 Å². The average molecular weight is 151 g/mol. The van der Waals surface area contributed by atoms with Crippen molar-refractivity contribution in [3.8, 4) is 0 Å². The zero-order chi connectivity index (χ0) is 7.56. The quantitative estimate of drug-likeness (QED) is 0.539. The normalized spacial score (nSPS) is 9.50. The summed E-state index contributed by atoms with van der Waals surface area (Å²) < 4.78 is 0. The summed E-state index contributed by atoms with van der Waals surface area (Å²) in [6, 6.07) is 6.05. The standard InChI is InChI=1S/C8H9BCl/c1-6-3-4-7(9-2)5-8(6)10/h3-5H,1-2H3. The average Bonchev–Trinajstić information content (AvgIpc) is 1.95. The van der Waals surface area contributed by atoms with Crippen LogP contribution in [0.5, 0.6) is 0 Å². The molecule has 0 spiro atoms. The lowest BCUT2D eigenvalue weighted by Crippen LogP contribution is -2.09. The van der Waals surface area contributed by atoms with Gasteiger partial charge in [0.15, 0.2) is 0 Å². The van der Waals surface area contributed by atoms with E-state index in [4.69, 9.17) is 11.6 Å². The molecule has 1 radical (unpaired) electrons. The Hall–Kier alpha value is -0.425. The SMILES string of the molecule is C[B]c1ccc(C)c(Cl)c1. The van der Waals surface area contributed by atoms with Crippen LogP contribution < -0.4 is 5.46 Å². The molecule has 0 atom stereocenters. The number of benzene rings is 1. The van der Waals surface area contributed by atoms with Crippen molar-refractivity contribution < 1.29 is 0 Å². The van der Waals surface area contributed by atoms with Crippen molar-refractivity contribution in [2.45, 2.75) is 13.7 Å². The maximum atomic E-state index is 5.87. The molecule has 0 unspecified atom stereocenters. The van der Waals surface area contributed by atoms with E-state index in [2.05, 4.69) is 6.07 Å². The van der Waals surface area contributed by atoms with Crippen LogP contribution in [0.4, 0.5) is 0 Å². The molecule has 0 fully saturated rings. The van der Waals surface area contributed by atoms with E-state index in [1.165, 1.54) is 5.46 Å². The van der Waals surface area contributed by atoms with Crippen LogP contribution >= 0.6 is 11.6 Å². The first-order chi connectivity index (χ1) is 4.74. The molecule has 51 valence electrons. The molecular weight excluding hydrogens is 142 g/mol. The molecule has 1 aromatic carbocycles. The molecule has 10 heavy (non-hydrogen) atoms. The fourth-order valence-electron chi connectivity index (χ4n) is 0.789. The number of aryl methyl sites for hydroxylation is 1. The number of hydrogen-bond donors (Lipinski definition) is 0. The third kappa shape index (κ3) is 1.54. The second-order valence-corrected chi connectivity index (χ2v) is 2.70. The summed E-state index contributed by atoms with van der Waals surface area (Å²) in [6.45, 7) is 4.00. The second-order valence-electron chi connectivity index (χ2n) is 2.30. The highest BCUT2D eigenvalue weighted by atomic mass is 35.5. The van der Waals surface area contributed by atoms with Gasteiger partial charge in [0.25, 0.3) is 0 Å². The van der Waals surface area contributed by atoms with Gasteiger partial charge in [-0.3, -0.25) is 0 Å². The fraction of sp³-hybridized carbons (Fsp3) is 0.250. The summed E-state index contributed by atoms with van der Waals surface area (Å²) in [5, 5.41) is 0.843. The zero-order valence-electron chi connectivity index (χ0n) is 6.19. The lowest BCUT2D eigenvalue weighted by atomic mass is 9.73. The summed E-state index contributed by atoms with van der Waals surface area (Å²) in [6.07, 6.45) is 0. The first-order valence-corrected chi connectivity index (χ1v) is 3.67. The Bertz CT molecular complexity index is 233. The molecule has 0 aliphatic heterocycles. The van der Waals surface area contributed by atoms with Crippen molar-refractivity contribution in [2.75, 3.05) is 0 Å². The molecule has 0 aromatic heterocycles. The first kappa shape index (κ1) is 7.68. The van der Waals surface area contributed by atoms with Crippen molar-refractivity contribution in [3.63, 3.8) is 0 Å². The van der Waals surface area contributed by atoms with Gasteiger partial charge in [-0.25, -0.2) is 0 Å². The van der Waals surface area contributed by atoms with Gasteiger partial charge in [-0.15, -0.1) is 0 Å². The van der Waals surface area contributed by atoms with Crippen molar-refractivity contribution in [2.24, 2.45) is 0 Å². The number of rotatable bonds is 1. The Kier molecular flexibility index (Phi) is 2.39. The molecule has 0 amide bonds. The van der Waals surface area contributed by atoms with Crippen LogP contribution in [0.3, 0.4) is 0 Å². The Balaban J connectivity index is 3.04. The van der Waals surface area contributed by atoms with Crippen LogP contribution in [-0.4, -0.2) is 7.28 Å². The van der Waals surface area contributed by atoms with Crippen LogP contribution in [0.25, 0.3) is 0 Å². The van der Waals surface area contributed by atoms with E-state index in [1.807, 2.05) is 33.2 Å². The lowest BCUT2D eigenvalue weighted by molar-refractivity contribution is 1.49. The molecule has 2 heteroatoms. The summed E-state index contributed by atoms with van der Waals surface area (Å²) in [7, 11) is 2.03. The second kappa shape index (κ2) is 3.11. The van der Waals surface area contributed by atoms with Gasteiger partial charge in [-0.1, -0.05) is 36.0 Å². The Morgan fingerprint density at radius 2 is 2.10 bits per heavy atom. The van der Waals surface area contributed by atoms with Gasteiger partial charge in [-0.05, 0) is 18.6 Å². The van der Waals surface area contributed by atoms with E-state index in [0.29, 0.717) is 0 Å². The molecule has 0 bridgehead atoms. The zero-order valence-corrected chi connectivity index (χ0v) is 6.94. The largest absolute Gasteiger partial charge is 0.148 e. The molecule has 0 aliphatic carbocycles. The van der Waals surface area contributed by atoms with Gasteiger partial charge in [0.2, 0.25) is 0 Å². The molecular formula is C8H9BCl. The Morgan fingerprint density at radius 1 is 1.40 bits per heavy atom. The minimum atomic E-state index is 0.843. The third-order valence-corrected chi connectivity index (χ3v) is 1.94. The topological polar surface area (TPSA) is 0 Å². The maximum Gasteiger partial charge on any atom is 0.148 e. The van der Waals surface area contributed by atoms with Gasteiger partial charge >= 0.3 is 0 Å². The van der Waals surface area contributed by atoms with E-state index in [1.54, 1.807) is 0 Å². The van der Waals surface area contributed by atoms with E-state index in [-0.39, 0.29) is 0 Å². The molecule has 0 saturated heterocycles. The van der Waals surface area contributed by atoms with Crippen LogP contribution in [0.15, 0.2) is 18.2 Å². The summed E-state index contributed by atoms with van der Waals surface area (Å²) >= 11 is 5.87.